The van der Waals surface area contributed by atoms with Gasteiger partial charge in [-0.2, -0.15) is 0 Å². The number of aliphatic hydroxyl groups is 1. The molecule has 1 saturated heterocycles. The average molecular weight is 324 g/mol. The first kappa shape index (κ1) is 14.6. The second kappa shape index (κ2) is 4.44. The number of aromatic nitrogens is 2. The van der Waals surface area contributed by atoms with E-state index in [1.807, 2.05) is 6.92 Å². The molecule has 4 bridgehead atoms. The van der Waals surface area contributed by atoms with Crippen LogP contribution in [0.5, 0.6) is 0 Å². The maximum atomic E-state index is 10.7. The van der Waals surface area contributed by atoms with Crippen LogP contribution in [-0.2, 0) is 4.74 Å². The van der Waals surface area contributed by atoms with Crippen LogP contribution in [0.25, 0.3) is 6.08 Å². The van der Waals surface area contributed by atoms with E-state index in [9.17, 15) is 5.11 Å². The van der Waals surface area contributed by atoms with Crippen molar-refractivity contribution < 1.29 is 9.84 Å². The van der Waals surface area contributed by atoms with Gasteiger partial charge in [0.1, 0.15) is 11.7 Å². The van der Waals surface area contributed by atoms with Gasteiger partial charge in [0.2, 0.25) is 0 Å². The van der Waals surface area contributed by atoms with E-state index in [-0.39, 0.29) is 24.1 Å². The van der Waals surface area contributed by atoms with Gasteiger partial charge in [-0.15, -0.1) is 0 Å². The van der Waals surface area contributed by atoms with E-state index in [2.05, 4.69) is 66.3 Å². The Labute approximate surface area is 142 Å². The minimum absolute atomic E-state index is 0.0537. The summed E-state index contributed by atoms with van der Waals surface area (Å²) in [5, 5.41) is 10.7. The summed E-state index contributed by atoms with van der Waals surface area (Å²) in [6, 6.07) is 9.24. The molecule has 24 heavy (non-hydrogen) atoms. The third-order valence-electron chi connectivity index (χ3n) is 6.48. The molecule has 0 spiro atoms. The lowest BCUT2D eigenvalue weighted by Crippen LogP contribution is -2.44. The first-order valence-electron chi connectivity index (χ1n) is 8.86. The van der Waals surface area contributed by atoms with Gasteiger partial charge in [0.25, 0.3) is 0 Å². The molecule has 4 nitrogen and oxygen atoms in total. The number of hydrogen-bond acceptors (Lipinski definition) is 2. The van der Waals surface area contributed by atoms with Crippen molar-refractivity contribution in [3.05, 3.63) is 53.1 Å². The van der Waals surface area contributed by atoms with E-state index in [4.69, 9.17) is 4.74 Å². The van der Waals surface area contributed by atoms with Crippen LogP contribution in [0.1, 0.15) is 54.6 Å². The molecular weight excluding hydrogens is 300 g/mol. The van der Waals surface area contributed by atoms with Crippen molar-refractivity contribution in [2.75, 3.05) is 0 Å². The molecule has 0 aliphatic carbocycles. The van der Waals surface area contributed by atoms with Crippen LogP contribution in [0.4, 0.5) is 0 Å². The zero-order valence-electron chi connectivity index (χ0n) is 14.6. The Morgan fingerprint density at radius 2 is 1.83 bits per heavy atom. The molecule has 5 rings (SSSR count). The van der Waals surface area contributed by atoms with E-state index < -0.39 is 11.7 Å². The summed E-state index contributed by atoms with van der Waals surface area (Å²) in [5.74, 6) is 0.121. The normalized spacial score (nSPS) is 37.0. The van der Waals surface area contributed by atoms with Gasteiger partial charge in [0, 0.05) is 22.8 Å². The third kappa shape index (κ3) is 1.47. The molecule has 0 aromatic carbocycles. The first-order chi connectivity index (χ1) is 11.5. The van der Waals surface area contributed by atoms with Gasteiger partial charge in [0.15, 0.2) is 0 Å². The molecule has 2 aromatic heterocycles. The van der Waals surface area contributed by atoms with Crippen LogP contribution in [0, 0.1) is 13.8 Å². The Kier molecular flexibility index (Phi) is 2.69. The first-order valence-corrected chi connectivity index (χ1v) is 8.86. The van der Waals surface area contributed by atoms with Gasteiger partial charge in [-0.1, -0.05) is 0 Å². The summed E-state index contributed by atoms with van der Waals surface area (Å²) in [6.45, 7) is 8.42. The molecular formula is C20H24N2O2. The van der Waals surface area contributed by atoms with Crippen molar-refractivity contribution >= 4 is 6.08 Å². The van der Waals surface area contributed by atoms with Crippen molar-refractivity contribution in [3.63, 3.8) is 0 Å². The summed E-state index contributed by atoms with van der Waals surface area (Å²) in [4.78, 5) is 0. The molecule has 4 heteroatoms. The minimum Gasteiger partial charge on any atom is -0.390 e. The molecule has 0 amide bonds. The minimum atomic E-state index is -0.659. The summed E-state index contributed by atoms with van der Waals surface area (Å²) in [5.41, 5.74) is 4.36. The molecule has 3 aliphatic heterocycles. The number of rotatable bonds is 1. The molecule has 126 valence electrons. The number of aryl methyl sites for hydroxylation is 2. The number of hydrogen-bond donors (Lipinski definition) is 1. The third-order valence-corrected chi connectivity index (χ3v) is 6.48. The molecule has 3 aliphatic rings. The predicted octanol–water partition coefficient (Wildman–Crippen LogP) is 3.35. The highest BCUT2D eigenvalue weighted by Crippen LogP contribution is 2.60. The number of fused-ring (bicyclic) bond motifs is 2. The Bertz CT molecular complexity index is 859. The van der Waals surface area contributed by atoms with E-state index in [0.29, 0.717) is 0 Å². The van der Waals surface area contributed by atoms with Gasteiger partial charge >= 0.3 is 0 Å². The van der Waals surface area contributed by atoms with Gasteiger partial charge in [-0.05, 0) is 64.1 Å². The Hall–Kier alpha value is -1.78. The summed E-state index contributed by atoms with van der Waals surface area (Å²) < 4.78 is 11.5. The van der Waals surface area contributed by atoms with Crippen LogP contribution >= 0.6 is 0 Å². The van der Waals surface area contributed by atoms with Gasteiger partial charge in [-0.25, -0.2) is 0 Å². The van der Waals surface area contributed by atoms with Crippen molar-refractivity contribution in [2.24, 2.45) is 0 Å². The maximum absolute atomic E-state index is 10.7. The highest BCUT2D eigenvalue weighted by molar-refractivity contribution is 5.54. The largest absolute Gasteiger partial charge is 0.390 e. The Morgan fingerprint density at radius 1 is 1.12 bits per heavy atom. The second-order valence-electron chi connectivity index (χ2n) is 7.69. The zero-order chi connectivity index (χ0) is 16.8. The average Bonchev–Trinajstić information content (AvgIpc) is 3.11. The predicted molar refractivity (Wildman–Crippen MR) is 93.1 cm³/mol. The van der Waals surface area contributed by atoms with Crippen LogP contribution in [0.3, 0.4) is 0 Å². The van der Waals surface area contributed by atoms with Crippen molar-refractivity contribution in [1.29, 1.82) is 0 Å². The number of ether oxygens (including phenoxy) is 1. The zero-order valence-corrected chi connectivity index (χ0v) is 14.6. The summed E-state index contributed by atoms with van der Waals surface area (Å²) in [7, 11) is 0. The second-order valence-corrected chi connectivity index (χ2v) is 7.69. The van der Waals surface area contributed by atoms with Crippen LogP contribution < -0.4 is 0 Å². The van der Waals surface area contributed by atoms with Crippen LogP contribution in [0.15, 0.2) is 30.3 Å². The summed E-state index contributed by atoms with van der Waals surface area (Å²) >= 11 is 0. The molecule has 0 saturated carbocycles. The maximum Gasteiger partial charge on any atom is 0.123 e. The number of nitrogens with zero attached hydrogens (tertiary/aromatic N) is 2. The quantitative estimate of drug-likeness (QED) is 0.874. The monoisotopic (exact) mass is 324 g/mol. The molecule has 6 atom stereocenters. The molecule has 5 heterocycles. The van der Waals surface area contributed by atoms with E-state index >= 15 is 0 Å². The SMILES string of the molecule is Cc1ccc2n1[C@@H]1[C@H]3OC([C@H](C)O)(C=C2)[C@H]1c1ccc(C)n1[C@@H]3C. The molecule has 0 radical (unpaired) electrons. The van der Waals surface area contributed by atoms with E-state index in [1.54, 1.807) is 0 Å². The summed E-state index contributed by atoms with van der Waals surface area (Å²) in [6.07, 6.45) is 3.72. The molecule has 1 N–H and O–H groups in total. The topological polar surface area (TPSA) is 39.3 Å². The van der Waals surface area contributed by atoms with Crippen molar-refractivity contribution in [2.45, 2.75) is 63.5 Å². The molecule has 1 fully saturated rings. The fourth-order valence-corrected chi connectivity index (χ4v) is 5.42. The lowest BCUT2D eigenvalue weighted by Gasteiger charge is -2.39. The highest BCUT2D eigenvalue weighted by atomic mass is 16.5. The molecule has 2 aromatic rings. The van der Waals surface area contributed by atoms with Gasteiger partial charge in [0.05, 0.1) is 24.1 Å². The Balaban J connectivity index is 1.85. The van der Waals surface area contributed by atoms with Crippen LogP contribution in [0.2, 0.25) is 0 Å². The lowest BCUT2D eigenvalue weighted by atomic mass is 9.75. The van der Waals surface area contributed by atoms with E-state index in [1.165, 1.54) is 22.8 Å². The van der Waals surface area contributed by atoms with Gasteiger partial charge in [-0.3, -0.25) is 0 Å². The van der Waals surface area contributed by atoms with Crippen LogP contribution in [-0.4, -0.2) is 32.0 Å². The van der Waals surface area contributed by atoms with E-state index in [0.717, 1.165) is 0 Å². The fraction of sp³-hybridized carbons (Fsp3) is 0.500. The fourth-order valence-electron chi connectivity index (χ4n) is 5.42. The van der Waals surface area contributed by atoms with Crippen molar-refractivity contribution in [3.8, 4) is 0 Å². The van der Waals surface area contributed by atoms with Gasteiger partial charge < -0.3 is 19.0 Å². The standard InChI is InChI=1S/C20H24N2O2/c1-11-6-8-16-17-18-19(13(3)21(11)16)24-20(17,14(4)23)10-9-15-7-5-12(2)22(15)18/h5-10,13-14,17-19,23H,1-4H3/t13-,14+,17+,18+,19+,20?/m1/s1. The van der Waals surface area contributed by atoms with Crippen molar-refractivity contribution in [1.82, 2.24) is 9.13 Å². The number of aliphatic hydroxyl groups excluding tert-OH is 1. The molecule has 1 unspecified atom stereocenters. The smallest absolute Gasteiger partial charge is 0.123 e. The lowest BCUT2D eigenvalue weighted by molar-refractivity contribution is -0.0905. The Morgan fingerprint density at radius 3 is 2.58 bits per heavy atom. The highest BCUT2D eigenvalue weighted by Gasteiger charge is 2.63.